The van der Waals surface area contributed by atoms with E-state index in [2.05, 4.69) is 25.2 Å². The zero-order chi connectivity index (χ0) is 10.6. The maximum Gasteiger partial charge on any atom is 0.251 e. The number of carbonyl (C=O) groups is 1. The summed E-state index contributed by atoms with van der Waals surface area (Å²) in [7, 11) is 1.67. The second kappa shape index (κ2) is 4.80. The number of benzene rings is 1. The van der Waals surface area contributed by atoms with Gasteiger partial charge >= 0.3 is 0 Å². The Morgan fingerprint density at radius 3 is 2.50 bits per heavy atom. The van der Waals surface area contributed by atoms with Gasteiger partial charge in [0.05, 0.1) is 0 Å². The second-order valence-electron chi connectivity index (χ2n) is 3.23. The van der Waals surface area contributed by atoms with Gasteiger partial charge in [-0.15, -0.1) is 0 Å². The highest BCUT2D eigenvalue weighted by Crippen LogP contribution is 2.16. The lowest BCUT2D eigenvalue weighted by Gasteiger charge is -2.10. The molecule has 2 nitrogen and oxygen atoms in total. The maximum atomic E-state index is 11.6. The molecular weight excluding hydrogens is 174 g/mol. The van der Waals surface area contributed by atoms with Crippen molar-refractivity contribution in [3.8, 4) is 0 Å². The summed E-state index contributed by atoms with van der Waals surface area (Å²) >= 11 is 0. The Morgan fingerprint density at radius 1 is 1.29 bits per heavy atom. The number of rotatable bonds is 3. The summed E-state index contributed by atoms with van der Waals surface area (Å²) in [6, 6.07) is 5.92. The molecular formula is C12H17NO. The largest absolute Gasteiger partial charge is 0.355 e. The van der Waals surface area contributed by atoms with Gasteiger partial charge in [0.1, 0.15) is 0 Å². The van der Waals surface area contributed by atoms with E-state index in [1.54, 1.807) is 7.05 Å². The average molecular weight is 191 g/mol. The van der Waals surface area contributed by atoms with Gasteiger partial charge in [0.25, 0.3) is 5.91 Å². The molecule has 0 aromatic heterocycles. The maximum absolute atomic E-state index is 11.6. The molecule has 1 aromatic rings. The van der Waals surface area contributed by atoms with Gasteiger partial charge in [-0.3, -0.25) is 4.79 Å². The zero-order valence-electron chi connectivity index (χ0n) is 9.05. The van der Waals surface area contributed by atoms with Gasteiger partial charge in [-0.05, 0) is 30.0 Å². The van der Waals surface area contributed by atoms with E-state index >= 15 is 0 Å². The monoisotopic (exact) mass is 191 g/mol. The summed E-state index contributed by atoms with van der Waals surface area (Å²) in [6.45, 7) is 4.20. The molecule has 1 N–H and O–H groups in total. The summed E-state index contributed by atoms with van der Waals surface area (Å²) in [5.74, 6) is 0.0113. The first-order chi connectivity index (χ1) is 6.74. The number of amides is 1. The van der Waals surface area contributed by atoms with Crippen LogP contribution in [0.25, 0.3) is 0 Å². The highest BCUT2D eigenvalue weighted by Gasteiger charge is 2.10. The summed E-state index contributed by atoms with van der Waals surface area (Å²) in [4.78, 5) is 11.6. The van der Waals surface area contributed by atoms with Gasteiger partial charge < -0.3 is 5.32 Å². The molecule has 0 aliphatic heterocycles. The van der Waals surface area contributed by atoms with Crippen LogP contribution in [0.5, 0.6) is 0 Å². The van der Waals surface area contributed by atoms with Crippen molar-refractivity contribution in [3.05, 3.63) is 34.9 Å². The standard InChI is InChI=1S/C12H17NO/c1-4-9-7-6-8-11(10(9)5-2)12(14)13-3/h6-8H,4-5H2,1-3H3,(H,13,14). The van der Waals surface area contributed by atoms with Crippen molar-refractivity contribution >= 4 is 5.91 Å². The van der Waals surface area contributed by atoms with Gasteiger partial charge in [-0.1, -0.05) is 26.0 Å². The van der Waals surface area contributed by atoms with Crippen LogP contribution in [0.15, 0.2) is 18.2 Å². The van der Waals surface area contributed by atoms with Crippen LogP contribution < -0.4 is 5.32 Å². The lowest BCUT2D eigenvalue weighted by atomic mass is 9.97. The van der Waals surface area contributed by atoms with Crippen molar-refractivity contribution in [3.63, 3.8) is 0 Å². The van der Waals surface area contributed by atoms with Crippen LogP contribution in [0.3, 0.4) is 0 Å². The van der Waals surface area contributed by atoms with Gasteiger partial charge in [-0.25, -0.2) is 0 Å². The number of hydrogen-bond acceptors (Lipinski definition) is 1. The van der Waals surface area contributed by atoms with Crippen molar-refractivity contribution in [1.29, 1.82) is 0 Å². The normalized spacial score (nSPS) is 9.93. The van der Waals surface area contributed by atoms with Crippen molar-refractivity contribution in [2.24, 2.45) is 0 Å². The minimum absolute atomic E-state index is 0.0113. The van der Waals surface area contributed by atoms with E-state index in [0.29, 0.717) is 0 Å². The van der Waals surface area contributed by atoms with Gasteiger partial charge in [0, 0.05) is 12.6 Å². The molecule has 0 saturated carbocycles. The number of aryl methyl sites for hydroxylation is 1. The van der Waals surface area contributed by atoms with Crippen LogP contribution in [0.2, 0.25) is 0 Å². The number of carbonyl (C=O) groups excluding carboxylic acids is 1. The van der Waals surface area contributed by atoms with E-state index in [1.807, 2.05) is 12.1 Å². The van der Waals surface area contributed by atoms with Crippen molar-refractivity contribution < 1.29 is 4.79 Å². The molecule has 0 spiro atoms. The molecule has 1 aromatic carbocycles. The van der Waals surface area contributed by atoms with Gasteiger partial charge in [0.2, 0.25) is 0 Å². The highest BCUT2D eigenvalue weighted by atomic mass is 16.1. The van der Waals surface area contributed by atoms with Gasteiger partial charge in [-0.2, -0.15) is 0 Å². The molecule has 0 saturated heterocycles. The lowest BCUT2D eigenvalue weighted by Crippen LogP contribution is -2.20. The Labute approximate surface area is 85.3 Å². The van der Waals surface area contributed by atoms with E-state index in [4.69, 9.17) is 0 Å². The molecule has 0 unspecified atom stereocenters. The predicted octanol–water partition coefficient (Wildman–Crippen LogP) is 2.17. The topological polar surface area (TPSA) is 29.1 Å². The third-order valence-electron chi connectivity index (χ3n) is 2.48. The Bertz CT molecular complexity index is 331. The van der Waals surface area contributed by atoms with Crippen LogP contribution in [0.1, 0.15) is 35.3 Å². The molecule has 2 heteroatoms. The SMILES string of the molecule is CCc1cccc(C(=O)NC)c1CC. The minimum atomic E-state index is 0.0113. The molecule has 1 amide bonds. The molecule has 0 aliphatic rings. The fraction of sp³-hybridized carbons (Fsp3) is 0.417. The first-order valence-corrected chi connectivity index (χ1v) is 5.07. The lowest BCUT2D eigenvalue weighted by molar-refractivity contribution is 0.0962. The zero-order valence-corrected chi connectivity index (χ0v) is 9.05. The predicted molar refractivity (Wildman–Crippen MR) is 58.6 cm³/mol. The summed E-state index contributed by atoms with van der Waals surface area (Å²) in [5.41, 5.74) is 3.26. The molecule has 0 aliphatic carbocycles. The first-order valence-electron chi connectivity index (χ1n) is 5.07. The molecule has 14 heavy (non-hydrogen) atoms. The van der Waals surface area contributed by atoms with E-state index in [1.165, 1.54) is 11.1 Å². The Balaban J connectivity index is 3.21. The third-order valence-corrected chi connectivity index (χ3v) is 2.48. The summed E-state index contributed by atoms with van der Waals surface area (Å²) in [6.07, 6.45) is 1.89. The van der Waals surface area contributed by atoms with E-state index in [0.717, 1.165) is 18.4 Å². The van der Waals surface area contributed by atoms with E-state index in [-0.39, 0.29) is 5.91 Å². The minimum Gasteiger partial charge on any atom is -0.355 e. The number of nitrogens with one attached hydrogen (secondary N) is 1. The van der Waals surface area contributed by atoms with Crippen molar-refractivity contribution in [2.75, 3.05) is 7.05 Å². The Kier molecular flexibility index (Phi) is 3.69. The van der Waals surface area contributed by atoms with Crippen LogP contribution in [-0.2, 0) is 12.8 Å². The van der Waals surface area contributed by atoms with E-state index in [9.17, 15) is 4.79 Å². The Hall–Kier alpha value is -1.31. The van der Waals surface area contributed by atoms with Crippen LogP contribution in [-0.4, -0.2) is 13.0 Å². The van der Waals surface area contributed by atoms with Gasteiger partial charge in [0.15, 0.2) is 0 Å². The summed E-state index contributed by atoms with van der Waals surface area (Å²) < 4.78 is 0. The van der Waals surface area contributed by atoms with Crippen molar-refractivity contribution in [2.45, 2.75) is 26.7 Å². The van der Waals surface area contributed by atoms with Crippen LogP contribution in [0.4, 0.5) is 0 Å². The molecule has 0 radical (unpaired) electrons. The third kappa shape index (κ3) is 1.95. The number of hydrogen-bond donors (Lipinski definition) is 1. The average Bonchev–Trinajstić information content (AvgIpc) is 2.26. The van der Waals surface area contributed by atoms with Crippen molar-refractivity contribution in [1.82, 2.24) is 5.32 Å². The molecule has 0 heterocycles. The molecule has 0 fully saturated rings. The van der Waals surface area contributed by atoms with E-state index < -0.39 is 0 Å². The fourth-order valence-electron chi connectivity index (χ4n) is 1.73. The molecule has 76 valence electrons. The molecule has 1 rings (SSSR count). The smallest absolute Gasteiger partial charge is 0.251 e. The molecule has 0 atom stereocenters. The second-order valence-corrected chi connectivity index (χ2v) is 3.23. The molecule has 0 bridgehead atoms. The highest BCUT2D eigenvalue weighted by molar-refractivity contribution is 5.95. The Morgan fingerprint density at radius 2 is 2.00 bits per heavy atom. The first kappa shape index (κ1) is 10.8. The fourth-order valence-corrected chi connectivity index (χ4v) is 1.73. The quantitative estimate of drug-likeness (QED) is 0.779. The summed E-state index contributed by atoms with van der Waals surface area (Å²) in [5, 5.41) is 2.67. The van der Waals surface area contributed by atoms with Crippen LogP contribution in [0, 0.1) is 0 Å². The van der Waals surface area contributed by atoms with Crippen LogP contribution >= 0.6 is 0 Å².